The molecule has 1 aliphatic carbocycles. The van der Waals surface area contributed by atoms with E-state index in [1.54, 1.807) is 0 Å². The van der Waals surface area contributed by atoms with Gasteiger partial charge in [0.2, 0.25) is 5.91 Å². The molecule has 0 aromatic rings. The Morgan fingerprint density at radius 3 is 2.47 bits per heavy atom. The summed E-state index contributed by atoms with van der Waals surface area (Å²) in [4.78, 5) is 11.7. The van der Waals surface area contributed by atoms with Crippen molar-refractivity contribution in [3.63, 3.8) is 0 Å². The Hall–Kier alpha value is -0.610. The van der Waals surface area contributed by atoms with Crippen LogP contribution in [0.4, 0.5) is 0 Å². The highest BCUT2D eigenvalue weighted by molar-refractivity contribution is 5.83. The van der Waals surface area contributed by atoms with E-state index < -0.39 is 0 Å². The van der Waals surface area contributed by atoms with Crippen LogP contribution in [0, 0.1) is 11.3 Å². The van der Waals surface area contributed by atoms with Gasteiger partial charge in [0.05, 0.1) is 5.41 Å². The Morgan fingerprint density at radius 1 is 1.40 bits per heavy atom. The van der Waals surface area contributed by atoms with Crippen LogP contribution in [-0.2, 0) is 4.79 Å². The van der Waals surface area contributed by atoms with E-state index in [2.05, 4.69) is 10.6 Å². The Labute approximate surface area is 91.0 Å². The van der Waals surface area contributed by atoms with Crippen LogP contribution in [0.3, 0.4) is 0 Å². The lowest BCUT2D eigenvalue weighted by Crippen LogP contribution is -2.63. The molecule has 15 heavy (non-hydrogen) atoms. The molecule has 1 heterocycles. The van der Waals surface area contributed by atoms with Gasteiger partial charge in [0.25, 0.3) is 0 Å². The van der Waals surface area contributed by atoms with Crippen molar-refractivity contribution in [2.24, 2.45) is 17.1 Å². The minimum Gasteiger partial charge on any atom is -0.369 e. The van der Waals surface area contributed by atoms with Gasteiger partial charge in [-0.15, -0.1) is 0 Å². The highest BCUT2D eigenvalue weighted by Crippen LogP contribution is 2.49. The van der Waals surface area contributed by atoms with E-state index in [0.717, 1.165) is 38.8 Å². The van der Waals surface area contributed by atoms with E-state index in [0.29, 0.717) is 12.0 Å². The largest absolute Gasteiger partial charge is 0.369 e. The Balaban J connectivity index is 2.15. The fourth-order valence-electron chi connectivity index (χ4n) is 3.32. The van der Waals surface area contributed by atoms with E-state index in [-0.39, 0.29) is 11.3 Å². The minimum absolute atomic E-state index is 0.0972. The lowest BCUT2D eigenvalue weighted by atomic mass is 9.55. The van der Waals surface area contributed by atoms with Gasteiger partial charge in [-0.3, -0.25) is 4.79 Å². The summed E-state index contributed by atoms with van der Waals surface area (Å²) in [7, 11) is 1.93. The summed E-state index contributed by atoms with van der Waals surface area (Å²) < 4.78 is 0. The van der Waals surface area contributed by atoms with Gasteiger partial charge < -0.3 is 16.4 Å². The van der Waals surface area contributed by atoms with Gasteiger partial charge in [-0.25, -0.2) is 0 Å². The smallest absolute Gasteiger partial charge is 0.225 e. The maximum atomic E-state index is 11.7. The van der Waals surface area contributed by atoms with E-state index in [4.69, 9.17) is 5.73 Å². The zero-order chi connectivity index (χ0) is 10.9. The summed E-state index contributed by atoms with van der Waals surface area (Å²) in [5, 5.41) is 6.58. The zero-order valence-corrected chi connectivity index (χ0v) is 9.38. The van der Waals surface area contributed by atoms with Gasteiger partial charge in [-0.05, 0) is 51.7 Å². The molecule has 2 rings (SSSR count). The average Bonchev–Trinajstić information content (AvgIpc) is 2.18. The number of primary amides is 1. The summed E-state index contributed by atoms with van der Waals surface area (Å²) in [5.74, 6) is 0.377. The first-order chi connectivity index (χ1) is 7.21. The predicted octanol–water partition coefficient (Wildman–Crippen LogP) is -0.160. The molecule has 4 N–H and O–H groups in total. The van der Waals surface area contributed by atoms with E-state index >= 15 is 0 Å². The fraction of sp³-hybridized carbons (Fsp3) is 0.909. The van der Waals surface area contributed by atoms with E-state index in [9.17, 15) is 4.79 Å². The van der Waals surface area contributed by atoms with Crippen molar-refractivity contribution in [2.75, 3.05) is 20.1 Å². The topological polar surface area (TPSA) is 67.1 Å². The highest BCUT2D eigenvalue weighted by Gasteiger charge is 2.55. The number of hydrogen-bond acceptors (Lipinski definition) is 3. The van der Waals surface area contributed by atoms with Crippen molar-refractivity contribution >= 4 is 5.91 Å². The lowest BCUT2D eigenvalue weighted by molar-refractivity contribution is -0.142. The van der Waals surface area contributed by atoms with Crippen LogP contribution < -0.4 is 16.4 Å². The molecule has 1 saturated heterocycles. The number of piperidine rings is 1. The Kier molecular flexibility index (Phi) is 2.98. The molecular weight excluding hydrogens is 190 g/mol. The highest BCUT2D eigenvalue weighted by atomic mass is 16.1. The van der Waals surface area contributed by atoms with Crippen molar-refractivity contribution in [1.82, 2.24) is 10.6 Å². The summed E-state index contributed by atoms with van der Waals surface area (Å²) >= 11 is 0. The number of amides is 1. The molecule has 0 spiro atoms. The van der Waals surface area contributed by atoms with Crippen molar-refractivity contribution in [3.8, 4) is 0 Å². The second-order valence-corrected chi connectivity index (χ2v) is 4.81. The third-order valence-electron chi connectivity index (χ3n) is 4.34. The molecule has 4 heteroatoms. The molecule has 0 aromatic carbocycles. The van der Waals surface area contributed by atoms with Crippen LogP contribution in [0.2, 0.25) is 0 Å². The van der Waals surface area contributed by atoms with E-state index in [1.165, 1.54) is 0 Å². The van der Waals surface area contributed by atoms with Crippen LogP contribution in [-0.4, -0.2) is 32.1 Å². The third-order valence-corrected chi connectivity index (χ3v) is 4.34. The van der Waals surface area contributed by atoms with Gasteiger partial charge in [0, 0.05) is 6.04 Å². The molecule has 2 fully saturated rings. The number of carbonyl (C=O) groups excluding carboxylic acids is 1. The molecule has 0 aromatic heterocycles. The van der Waals surface area contributed by atoms with Gasteiger partial charge >= 0.3 is 0 Å². The number of rotatable bonds is 3. The molecule has 2 atom stereocenters. The summed E-state index contributed by atoms with van der Waals surface area (Å²) in [6.07, 6.45) is 4.23. The molecule has 1 saturated carbocycles. The first-order valence-electron chi connectivity index (χ1n) is 5.89. The van der Waals surface area contributed by atoms with Gasteiger partial charge in [0.15, 0.2) is 0 Å². The summed E-state index contributed by atoms with van der Waals surface area (Å²) in [5.41, 5.74) is 5.38. The molecule has 1 amide bonds. The fourth-order valence-corrected chi connectivity index (χ4v) is 3.32. The number of carbonyl (C=O) groups is 1. The van der Waals surface area contributed by atoms with Crippen molar-refractivity contribution in [2.45, 2.75) is 31.7 Å². The molecule has 4 nitrogen and oxygen atoms in total. The average molecular weight is 211 g/mol. The maximum Gasteiger partial charge on any atom is 0.225 e. The third kappa shape index (κ3) is 1.56. The molecule has 86 valence electrons. The molecule has 2 aliphatic rings. The molecule has 0 radical (unpaired) electrons. The molecule has 2 unspecified atom stereocenters. The monoisotopic (exact) mass is 211 g/mol. The zero-order valence-electron chi connectivity index (χ0n) is 9.38. The number of nitrogens with one attached hydrogen (secondary N) is 2. The SMILES string of the molecule is CNC1CCC1(C(N)=O)C1CCNCC1. The number of nitrogens with two attached hydrogens (primary N) is 1. The van der Waals surface area contributed by atoms with Gasteiger partial charge in [0.1, 0.15) is 0 Å². The van der Waals surface area contributed by atoms with Gasteiger partial charge in [-0.2, -0.15) is 0 Å². The standard InChI is InChI=1S/C11H21N3O/c1-13-9-2-5-11(9,10(12)15)8-3-6-14-7-4-8/h8-9,13-14H,2-7H2,1H3,(H2,12,15). The second kappa shape index (κ2) is 4.10. The summed E-state index contributed by atoms with van der Waals surface area (Å²) in [6, 6.07) is 0.304. The Bertz CT molecular complexity index is 248. The molecular formula is C11H21N3O. The van der Waals surface area contributed by atoms with Crippen LogP contribution in [0.5, 0.6) is 0 Å². The van der Waals surface area contributed by atoms with Crippen LogP contribution in [0.1, 0.15) is 25.7 Å². The van der Waals surface area contributed by atoms with Crippen LogP contribution in [0.15, 0.2) is 0 Å². The first-order valence-corrected chi connectivity index (χ1v) is 5.89. The minimum atomic E-state index is -0.253. The molecule has 1 aliphatic heterocycles. The van der Waals surface area contributed by atoms with Crippen molar-refractivity contribution < 1.29 is 4.79 Å². The van der Waals surface area contributed by atoms with Gasteiger partial charge in [-0.1, -0.05) is 0 Å². The first kappa shape index (κ1) is 10.9. The van der Waals surface area contributed by atoms with Crippen molar-refractivity contribution in [3.05, 3.63) is 0 Å². The van der Waals surface area contributed by atoms with E-state index in [1.807, 2.05) is 7.05 Å². The van der Waals surface area contributed by atoms with Crippen LogP contribution >= 0.6 is 0 Å². The normalized spacial score (nSPS) is 37.3. The lowest BCUT2D eigenvalue weighted by Gasteiger charge is -2.53. The Morgan fingerprint density at radius 2 is 2.07 bits per heavy atom. The van der Waals surface area contributed by atoms with Crippen LogP contribution in [0.25, 0.3) is 0 Å². The maximum absolute atomic E-state index is 11.7. The number of hydrogen-bond donors (Lipinski definition) is 3. The second-order valence-electron chi connectivity index (χ2n) is 4.81. The molecule has 0 bridgehead atoms. The summed E-state index contributed by atoms with van der Waals surface area (Å²) in [6.45, 7) is 2.05. The van der Waals surface area contributed by atoms with Crippen molar-refractivity contribution in [1.29, 1.82) is 0 Å². The quantitative estimate of drug-likeness (QED) is 0.607. The predicted molar refractivity (Wildman–Crippen MR) is 59.3 cm³/mol.